The van der Waals surface area contributed by atoms with Gasteiger partial charge >= 0.3 is 0 Å². The Bertz CT molecular complexity index is 735. The smallest absolute Gasteiger partial charge is 0.243 e. The predicted octanol–water partition coefficient (Wildman–Crippen LogP) is 1.68. The molecule has 1 rings (SSSR count). The lowest BCUT2D eigenvalue weighted by atomic mass is 10.2. The van der Waals surface area contributed by atoms with Crippen LogP contribution >= 0.6 is 23.2 Å². The number of hydrogen-bond acceptors (Lipinski definition) is 5. The maximum atomic E-state index is 12.2. The summed E-state index contributed by atoms with van der Waals surface area (Å²) in [5, 5.41) is -0.269. The van der Waals surface area contributed by atoms with Crippen LogP contribution in [0.4, 0.5) is 5.69 Å². The fraction of sp³-hybridized carbons (Fsp3) is 0.455. The molecular weight excluding hydrogens is 359 g/mol. The number of rotatable bonds is 5. The van der Waals surface area contributed by atoms with Crippen molar-refractivity contribution in [1.29, 1.82) is 0 Å². The molecule has 0 aromatic heterocycles. The first kappa shape index (κ1) is 18.5. The van der Waals surface area contributed by atoms with Crippen molar-refractivity contribution >= 4 is 48.7 Å². The number of anilines is 1. The molecule has 0 aliphatic heterocycles. The Morgan fingerprint density at radius 3 is 1.95 bits per heavy atom. The molecule has 1 aromatic rings. The van der Waals surface area contributed by atoms with Crippen LogP contribution in [0, 0.1) is 0 Å². The Morgan fingerprint density at radius 2 is 1.57 bits per heavy atom. The SMILES string of the molecule is CC(C)(CNS(=O)(=O)c1c(Cl)cc(N)cc1Cl)S(C)(=O)=O. The maximum absolute atomic E-state index is 12.2. The fourth-order valence-electron chi connectivity index (χ4n) is 1.31. The van der Waals surface area contributed by atoms with Crippen molar-refractivity contribution in [2.75, 3.05) is 18.5 Å². The van der Waals surface area contributed by atoms with Gasteiger partial charge in [-0.2, -0.15) is 0 Å². The number of benzene rings is 1. The number of sulfone groups is 1. The van der Waals surface area contributed by atoms with E-state index in [0.717, 1.165) is 6.26 Å². The van der Waals surface area contributed by atoms with E-state index in [2.05, 4.69) is 4.72 Å². The van der Waals surface area contributed by atoms with Gasteiger partial charge in [0.2, 0.25) is 10.0 Å². The molecule has 0 heterocycles. The number of nitrogens with one attached hydrogen (secondary N) is 1. The van der Waals surface area contributed by atoms with E-state index in [1.54, 1.807) is 0 Å². The summed E-state index contributed by atoms with van der Waals surface area (Å²) < 4.78 is 48.6. The zero-order chi connectivity index (χ0) is 16.6. The van der Waals surface area contributed by atoms with E-state index in [1.807, 2.05) is 0 Å². The second kappa shape index (κ2) is 5.92. The van der Waals surface area contributed by atoms with Gasteiger partial charge < -0.3 is 5.73 Å². The summed E-state index contributed by atoms with van der Waals surface area (Å²) in [6, 6.07) is 2.51. The van der Waals surface area contributed by atoms with Crippen molar-refractivity contribution in [2.45, 2.75) is 23.5 Å². The topological polar surface area (TPSA) is 106 Å². The highest BCUT2D eigenvalue weighted by Gasteiger charge is 2.33. The summed E-state index contributed by atoms with van der Waals surface area (Å²) in [4.78, 5) is -0.329. The van der Waals surface area contributed by atoms with E-state index in [0.29, 0.717) is 0 Å². The first-order valence-electron chi connectivity index (χ1n) is 5.72. The van der Waals surface area contributed by atoms with Gasteiger partial charge in [-0.15, -0.1) is 0 Å². The number of nitrogen functional groups attached to an aromatic ring is 1. The van der Waals surface area contributed by atoms with Crippen LogP contribution in [0.3, 0.4) is 0 Å². The van der Waals surface area contributed by atoms with Gasteiger partial charge in [-0.05, 0) is 26.0 Å². The van der Waals surface area contributed by atoms with Crippen LogP contribution in [-0.2, 0) is 19.9 Å². The molecule has 0 saturated heterocycles. The molecule has 0 aliphatic rings. The molecule has 0 spiro atoms. The minimum Gasteiger partial charge on any atom is -0.399 e. The lowest BCUT2D eigenvalue weighted by Gasteiger charge is -2.23. The van der Waals surface area contributed by atoms with Crippen molar-refractivity contribution in [2.24, 2.45) is 0 Å². The third kappa shape index (κ3) is 4.23. The average Bonchev–Trinajstić information content (AvgIpc) is 2.23. The van der Waals surface area contributed by atoms with Crippen molar-refractivity contribution in [3.8, 4) is 0 Å². The lowest BCUT2D eigenvalue weighted by Crippen LogP contribution is -2.43. The fourth-order valence-corrected chi connectivity index (χ4v) is 4.17. The molecule has 0 fully saturated rings. The summed E-state index contributed by atoms with van der Waals surface area (Å²) in [5.41, 5.74) is 5.73. The number of hydrogen-bond donors (Lipinski definition) is 2. The Balaban J connectivity index is 3.16. The van der Waals surface area contributed by atoms with Gasteiger partial charge in [-0.1, -0.05) is 23.2 Å². The molecule has 0 radical (unpaired) electrons. The Kier molecular flexibility index (Phi) is 5.22. The molecule has 0 saturated carbocycles. The van der Waals surface area contributed by atoms with Gasteiger partial charge in [-0.25, -0.2) is 21.6 Å². The Labute approximate surface area is 134 Å². The number of halogens is 2. The summed E-state index contributed by atoms with van der Waals surface area (Å²) in [7, 11) is -7.51. The normalized spacial score (nSPS) is 13.4. The molecule has 10 heteroatoms. The number of nitrogens with two attached hydrogens (primary N) is 1. The summed E-state index contributed by atoms with van der Waals surface area (Å²) >= 11 is 11.7. The summed E-state index contributed by atoms with van der Waals surface area (Å²) in [6.07, 6.45) is 1.03. The minimum absolute atomic E-state index is 0.135. The molecule has 21 heavy (non-hydrogen) atoms. The second-order valence-electron chi connectivity index (χ2n) is 5.17. The van der Waals surface area contributed by atoms with Crippen LogP contribution in [0.25, 0.3) is 0 Å². The van der Waals surface area contributed by atoms with Gasteiger partial charge in [0.1, 0.15) is 4.90 Å². The predicted molar refractivity (Wildman–Crippen MR) is 85.0 cm³/mol. The molecule has 0 unspecified atom stereocenters. The third-order valence-electron chi connectivity index (χ3n) is 2.98. The van der Waals surface area contributed by atoms with E-state index >= 15 is 0 Å². The molecule has 1 aromatic carbocycles. The molecule has 3 N–H and O–H groups in total. The zero-order valence-electron chi connectivity index (χ0n) is 11.6. The molecule has 0 aliphatic carbocycles. The van der Waals surface area contributed by atoms with Crippen LogP contribution in [0.1, 0.15) is 13.8 Å². The molecule has 120 valence electrons. The highest BCUT2D eigenvalue weighted by Crippen LogP contribution is 2.31. The lowest BCUT2D eigenvalue weighted by molar-refractivity contribution is 0.537. The van der Waals surface area contributed by atoms with Crippen LogP contribution < -0.4 is 10.5 Å². The first-order valence-corrected chi connectivity index (χ1v) is 9.85. The standard InChI is InChI=1S/C11H16Cl2N2O4S2/c1-11(2,20(3,16)17)6-15-21(18,19)10-8(12)4-7(14)5-9(10)13/h4-5,15H,6,14H2,1-3H3. The van der Waals surface area contributed by atoms with Gasteiger partial charge in [0.05, 0.1) is 14.8 Å². The van der Waals surface area contributed by atoms with Crippen LogP contribution in [0.2, 0.25) is 10.0 Å². The minimum atomic E-state index is -4.07. The zero-order valence-corrected chi connectivity index (χ0v) is 14.8. The maximum Gasteiger partial charge on any atom is 0.243 e. The van der Waals surface area contributed by atoms with E-state index in [4.69, 9.17) is 28.9 Å². The number of sulfonamides is 1. The molecular formula is C11H16Cl2N2O4S2. The largest absolute Gasteiger partial charge is 0.399 e. The van der Waals surface area contributed by atoms with Gasteiger partial charge in [-0.3, -0.25) is 0 Å². The highest BCUT2D eigenvalue weighted by atomic mass is 35.5. The van der Waals surface area contributed by atoms with Crippen molar-refractivity contribution < 1.29 is 16.8 Å². The molecule has 0 atom stereocenters. The quantitative estimate of drug-likeness (QED) is 0.762. The highest BCUT2D eigenvalue weighted by molar-refractivity contribution is 7.92. The van der Waals surface area contributed by atoms with E-state index < -0.39 is 24.6 Å². The van der Waals surface area contributed by atoms with Crippen molar-refractivity contribution in [3.05, 3.63) is 22.2 Å². The molecule has 6 nitrogen and oxygen atoms in total. The van der Waals surface area contributed by atoms with Crippen LogP contribution in [0.5, 0.6) is 0 Å². The molecule has 0 bridgehead atoms. The van der Waals surface area contributed by atoms with Gasteiger partial charge in [0, 0.05) is 18.5 Å². The average molecular weight is 375 g/mol. The monoisotopic (exact) mass is 374 g/mol. The van der Waals surface area contributed by atoms with Crippen LogP contribution in [-0.4, -0.2) is 34.4 Å². The third-order valence-corrected chi connectivity index (χ3v) is 7.45. The first-order chi connectivity index (χ1) is 9.28. The van der Waals surface area contributed by atoms with E-state index in [-0.39, 0.29) is 27.2 Å². The van der Waals surface area contributed by atoms with E-state index in [1.165, 1.54) is 26.0 Å². The van der Waals surface area contributed by atoms with Crippen molar-refractivity contribution in [3.63, 3.8) is 0 Å². The molecule has 0 amide bonds. The Morgan fingerprint density at radius 1 is 1.14 bits per heavy atom. The van der Waals surface area contributed by atoms with Crippen LogP contribution in [0.15, 0.2) is 17.0 Å². The van der Waals surface area contributed by atoms with Crippen molar-refractivity contribution in [1.82, 2.24) is 4.72 Å². The Hall–Kier alpha value is -0.540. The second-order valence-corrected chi connectivity index (χ2v) is 10.3. The summed E-state index contributed by atoms with van der Waals surface area (Å²) in [5.74, 6) is 0. The van der Waals surface area contributed by atoms with Gasteiger partial charge in [0.25, 0.3) is 0 Å². The summed E-state index contributed by atoms with van der Waals surface area (Å²) in [6.45, 7) is 2.51. The van der Waals surface area contributed by atoms with Gasteiger partial charge in [0.15, 0.2) is 9.84 Å². The van der Waals surface area contributed by atoms with E-state index in [9.17, 15) is 16.8 Å².